The summed E-state index contributed by atoms with van der Waals surface area (Å²) in [5.74, 6) is -0.337. The number of rotatable bonds is 9. The molecule has 4 nitrogen and oxygen atoms in total. The van der Waals surface area contributed by atoms with Crippen molar-refractivity contribution in [1.82, 2.24) is 0 Å². The van der Waals surface area contributed by atoms with Gasteiger partial charge in [0.1, 0.15) is 5.75 Å². The van der Waals surface area contributed by atoms with E-state index in [1.807, 2.05) is 13.0 Å². The third kappa shape index (κ3) is 7.29. The highest BCUT2D eigenvalue weighted by Gasteiger charge is 2.14. The summed E-state index contributed by atoms with van der Waals surface area (Å²) in [7, 11) is -1.08. The summed E-state index contributed by atoms with van der Waals surface area (Å²) in [5.41, 5.74) is 0.816. The second kappa shape index (κ2) is 8.55. The van der Waals surface area contributed by atoms with Crippen LogP contribution in [-0.4, -0.2) is 32.5 Å². The van der Waals surface area contributed by atoms with Gasteiger partial charge in [-0.2, -0.15) is 0 Å². The van der Waals surface area contributed by atoms with E-state index in [1.54, 1.807) is 12.1 Å². The third-order valence-corrected chi connectivity index (χ3v) is 5.32. The minimum atomic E-state index is -1.08. The SMILES string of the molecule is CC(CC(=O)O)c1ccc(OCOCC[Si](C)(C)C)cc1Cl. The molecule has 0 saturated carbocycles. The largest absolute Gasteiger partial charge is 0.481 e. The number of halogens is 1. The van der Waals surface area contributed by atoms with Gasteiger partial charge in [0.05, 0.1) is 6.42 Å². The fourth-order valence-corrected chi connectivity index (χ4v) is 3.03. The van der Waals surface area contributed by atoms with Crippen LogP contribution in [0.25, 0.3) is 0 Å². The second-order valence-electron chi connectivity index (χ2n) is 6.66. The van der Waals surface area contributed by atoms with Crippen molar-refractivity contribution in [1.29, 1.82) is 0 Å². The number of ether oxygens (including phenoxy) is 2. The van der Waals surface area contributed by atoms with Crippen LogP contribution in [0.2, 0.25) is 30.7 Å². The van der Waals surface area contributed by atoms with Crippen LogP contribution in [0.1, 0.15) is 24.8 Å². The highest BCUT2D eigenvalue weighted by atomic mass is 35.5. The Balaban J connectivity index is 2.47. The molecule has 0 fully saturated rings. The van der Waals surface area contributed by atoms with Gasteiger partial charge in [-0.05, 0) is 29.7 Å². The Labute approximate surface area is 138 Å². The van der Waals surface area contributed by atoms with E-state index < -0.39 is 14.0 Å². The second-order valence-corrected chi connectivity index (χ2v) is 12.7. The normalized spacial score (nSPS) is 13.0. The summed E-state index contributed by atoms with van der Waals surface area (Å²) in [5, 5.41) is 9.35. The number of carbonyl (C=O) groups is 1. The van der Waals surface area contributed by atoms with Crippen LogP contribution in [0, 0.1) is 0 Å². The zero-order valence-corrected chi connectivity index (χ0v) is 15.4. The molecule has 1 aromatic rings. The first-order valence-corrected chi connectivity index (χ1v) is 11.5. The molecule has 0 saturated heterocycles. The lowest BCUT2D eigenvalue weighted by Crippen LogP contribution is -2.22. The van der Waals surface area contributed by atoms with Gasteiger partial charge >= 0.3 is 5.97 Å². The highest BCUT2D eigenvalue weighted by molar-refractivity contribution is 6.76. The molecule has 0 bridgehead atoms. The van der Waals surface area contributed by atoms with Crippen LogP contribution in [-0.2, 0) is 9.53 Å². The van der Waals surface area contributed by atoms with E-state index in [2.05, 4.69) is 19.6 Å². The summed E-state index contributed by atoms with van der Waals surface area (Å²) in [6.45, 7) is 9.65. The van der Waals surface area contributed by atoms with Crippen LogP contribution in [0.3, 0.4) is 0 Å². The van der Waals surface area contributed by atoms with Gasteiger partial charge in [-0.25, -0.2) is 0 Å². The summed E-state index contributed by atoms with van der Waals surface area (Å²) in [4.78, 5) is 10.8. The number of carboxylic acids is 1. The number of benzene rings is 1. The van der Waals surface area contributed by atoms with Crippen LogP contribution in [0.15, 0.2) is 18.2 Å². The number of aliphatic carboxylic acids is 1. The Morgan fingerprint density at radius 1 is 1.36 bits per heavy atom. The van der Waals surface area contributed by atoms with Crippen molar-refractivity contribution in [3.05, 3.63) is 28.8 Å². The van der Waals surface area contributed by atoms with Gasteiger partial charge in [-0.3, -0.25) is 4.79 Å². The molecular weight excluding hydrogens is 320 g/mol. The average Bonchev–Trinajstić information content (AvgIpc) is 2.36. The quantitative estimate of drug-likeness (QED) is 0.404. The molecule has 6 heteroatoms. The molecule has 0 aromatic heterocycles. The summed E-state index contributed by atoms with van der Waals surface area (Å²) < 4.78 is 11.0. The van der Waals surface area contributed by atoms with Crippen molar-refractivity contribution in [2.45, 2.75) is 44.9 Å². The zero-order valence-electron chi connectivity index (χ0n) is 13.7. The Morgan fingerprint density at radius 2 is 2.05 bits per heavy atom. The molecule has 0 aliphatic carbocycles. The van der Waals surface area contributed by atoms with E-state index in [4.69, 9.17) is 26.2 Å². The lowest BCUT2D eigenvalue weighted by molar-refractivity contribution is -0.137. The predicted octanol–water partition coefficient (Wildman–Crippen LogP) is 4.61. The third-order valence-electron chi connectivity index (χ3n) is 3.29. The number of hydrogen-bond acceptors (Lipinski definition) is 3. The molecule has 1 aromatic carbocycles. The van der Waals surface area contributed by atoms with Crippen molar-refractivity contribution in [3.8, 4) is 5.75 Å². The minimum Gasteiger partial charge on any atom is -0.481 e. The fourth-order valence-electron chi connectivity index (χ4n) is 1.92. The van der Waals surface area contributed by atoms with Crippen molar-refractivity contribution < 1.29 is 19.4 Å². The van der Waals surface area contributed by atoms with Crippen LogP contribution >= 0.6 is 11.6 Å². The molecular formula is C16H25ClO4Si. The highest BCUT2D eigenvalue weighted by Crippen LogP contribution is 2.30. The van der Waals surface area contributed by atoms with Gasteiger partial charge < -0.3 is 14.6 Å². The molecule has 0 amide bonds. The Kier molecular flexibility index (Phi) is 7.39. The van der Waals surface area contributed by atoms with Crippen LogP contribution in [0.5, 0.6) is 5.75 Å². The Morgan fingerprint density at radius 3 is 2.59 bits per heavy atom. The smallest absolute Gasteiger partial charge is 0.303 e. The molecule has 0 radical (unpaired) electrons. The molecule has 1 atom stereocenters. The summed E-state index contributed by atoms with van der Waals surface area (Å²) in [6.07, 6.45) is 0.0553. The topological polar surface area (TPSA) is 55.8 Å². The molecule has 0 aliphatic heterocycles. The summed E-state index contributed by atoms with van der Waals surface area (Å²) >= 11 is 6.20. The van der Waals surface area contributed by atoms with E-state index in [0.29, 0.717) is 17.4 Å². The Bertz CT molecular complexity index is 499. The number of hydrogen-bond donors (Lipinski definition) is 1. The first-order chi connectivity index (χ1) is 10.2. The van der Waals surface area contributed by atoms with Gasteiger partial charge in [-0.15, -0.1) is 0 Å². The molecule has 1 rings (SSSR count). The molecule has 1 N–H and O–H groups in total. The van der Waals surface area contributed by atoms with E-state index in [-0.39, 0.29) is 19.1 Å². The van der Waals surface area contributed by atoms with Gasteiger partial charge in [0.15, 0.2) is 6.79 Å². The van der Waals surface area contributed by atoms with Crippen molar-refractivity contribution in [3.63, 3.8) is 0 Å². The van der Waals surface area contributed by atoms with Crippen molar-refractivity contribution >= 4 is 25.6 Å². The van der Waals surface area contributed by atoms with Crippen LogP contribution in [0.4, 0.5) is 0 Å². The van der Waals surface area contributed by atoms with Gasteiger partial charge in [0, 0.05) is 19.7 Å². The molecule has 124 valence electrons. The maximum absolute atomic E-state index is 10.8. The number of carboxylic acid groups (broad SMARTS) is 1. The van der Waals surface area contributed by atoms with Crippen molar-refractivity contribution in [2.75, 3.05) is 13.4 Å². The molecule has 0 heterocycles. The zero-order chi connectivity index (χ0) is 16.8. The molecule has 1 unspecified atom stereocenters. The van der Waals surface area contributed by atoms with Crippen molar-refractivity contribution in [2.24, 2.45) is 0 Å². The van der Waals surface area contributed by atoms with Gasteiger partial charge in [0.25, 0.3) is 0 Å². The maximum Gasteiger partial charge on any atom is 0.303 e. The van der Waals surface area contributed by atoms with E-state index in [9.17, 15) is 4.79 Å². The fraction of sp³-hybridized carbons (Fsp3) is 0.562. The summed E-state index contributed by atoms with van der Waals surface area (Å²) in [6, 6.07) is 6.41. The first kappa shape index (κ1) is 19.0. The van der Waals surface area contributed by atoms with Gasteiger partial charge in [0.2, 0.25) is 0 Å². The molecule has 0 spiro atoms. The first-order valence-electron chi connectivity index (χ1n) is 7.41. The lowest BCUT2D eigenvalue weighted by Gasteiger charge is -2.16. The maximum atomic E-state index is 10.8. The Hall–Kier alpha value is -1.04. The van der Waals surface area contributed by atoms with E-state index >= 15 is 0 Å². The van der Waals surface area contributed by atoms with Crippen LogP contribution < -0.4 is 4.74 Å². The lowest BCUT2D eigenvalue weighted by atomic mass is 9.98. The van der Waals surface area contributed by atoms with E-state index in [1.165, 1.54) is 0 Å². The average molecular weight is 345 g/mol. The van der Waals surface area contributed by atoms with E-state index in [0.717, 1.165) is 11.6 Å². The van der Waals surface area contributed by atoms with Gasteiger partial charge in [-0.1, -0.05) is 44.2 Å². The monoisotopic (exact) mass is 344 g/mol. The predicted molar refractivity (Wildman–Crippen MR) is 91.7 cm³/mol. The molecule has 22 heavy (non-hydrogen) atoms. The standard InChI is InChI=1S/C16H25ClO4Si/c1-12(9-16(18)19)14-6-5-13(10-15(14)17)21-11-20-7-8-22(2,3)4/h5-6,10,12H,7-9,11H2,1-4H3,(H,18,19). The molecule has 0 aliphatic rings. The minimum absolute atomic E-state index is 0.0553.